The number of aromatic nitrogens is 2. The van der Waals surface area contributed by atoms with Crippen molar-refractivity contribution in [1.82, 2.24) is 15.3 Å². The first-order valence-corrected chi connectivity index (χ1v) is 17.0. The molecule has 2 aromatic heterocycles. The van der Waals surface area contributed by atoms with Crippen molar-refractivity contribution in [3.8, 4) is 0 Å². The summed E-state index contributed by atoms with van der Waals surface area (Å²) in [7, 11) is 0. The summed E-state index contributed by atoms with van der Waals surface area (Å²) in [6, 6.07) is 14.4. The number of nitrogens with zero attached hydrogens (tertiary/aromatic N) is 5. The highest BCUT2D eigenvalue weighted by molar-refractivity contribution is 6.37. The highest BCUT2D eigenvalue weighted by atomic mass is 35.5. The number of carbonyl (C=O) groups is 1. The van der Waals surface area contributed by atoms with E-state index in [1.807, 2.05) is 32.0 Å². The monoisotopic (exact) mass is 784 g/mol. The number of carboxylic acids is 1. The zero-order chi connectivity index (χ0) is 38.6. The molecular formula is C36H33Cl2F7N6O2. The Hall–Kier alpha value is -4.60. The van der Waals surface area contributed by atoms with Gasteiger partial charge in [-0.2, -0.15) is 13.2 Å². The topological polar surface area (TPSA) is 84.8 Å². The number of alkyl halides is 3. The van der Waals surface area contributed by atoms with Gasteiger partial charge in [0.25, 0.3) is 0 Å². The lowest BCUT2D eigenvalue weighted by Crippen LogP contribution is -2.47. The summed E-state index contributed by atoms with van der Waals surface area (Å²) in [4.78, 5) is 24.4. The van der Waals surface area contributed by atoms with Crippen LogP contribution < -0.4 is 20.0 Å². The van der Waals surface area contributed by atoms with Crippen molar-refractivity contribution in [2.45, 2.75) is 20.0 Å². The van der Waals surface area contributed by atoms with Crippen molar-refractivity contribution in [2.75, 3.05) is 67.1 Å². The molecule has 0 radical (unpaired) electrons. The van der Waals surface area contributed by atoms with Crippen molar-refractivity contribution in [3.63, 3.8) is 0 Å². The Morgan fingerprint density at radius 3 is 1.51 bits per heavy atom. The molecule has 53 heavy (non-hydrogen) atoms. The van der Waals surface area contributed by atoms with Crippen LogP contribution in [0.2, 0.25) is 10.0 Å². The summed E-state index contributed by atoms with van der Waals surface area (Å²) in [5.41, 5.74) is 3.15. The molecule has 7 rings (SSSR count). The molecule has 2 N–H and O–H groups in total. The minimum Gasteiger partial charge on any atom is -0.475 e. The fraction of sp³-hybridized carbons (Fsp3) is 0.306. The molecule has 0 saturated carbocycles. The molecule has 0 spiro atoms. The van der Waals surface area contributed by atoms with Crippen LogP contribution >= 0.6 is 23.2 Å². The molecule has 3 aromatic carbocycles. The normalized spacial score (nSPS) is 14.8. The van der Waals surface area contributed by atoms with Crippen LogP contribution in [0.1, 0.15) is 11.1 Å². The molecular weight excluding hydrogens is 752 g/mol. The number of anilines is 3. The highest BCUT2D eigenvalue weighted by Crippen LogP contribution is 2.36. The minimum absolute atomic E-state index is 0.178. The Labute approximate surface area is 309 Å². The van der Waals surface area contributed by atoms with Crippen LogP contribution in [0.5, 0.6) is 0 Å². The lowest BCUT2D eigenvalue weighted by Gasteiger charge is -2.37. The van der Waals surface area contributed by atoms with Crippen molar-refractivity contribution in [3.05, 3.63) is 99.0 Å². The molecule has 282 valence electrons. The molecule has 0 aliphatic carbocycles. The Bertz CT molecular complexity index is 2110. The fourth-order valence-electron chi connectivity index (χ4n) is 6.01. The van der Waals surface area contributed by atoms with E-state index in [2.05, 4.69) is 42.1 Å². The second-order valence-electron chi connectivity index (χ2n) is 12.2. The van der Waals surface area contributed by atoms with Gasteiger partial charge in [0.15, 0.2) is 0 Å². The molecule has 0 unspecified atom stereocenters. The van der Waals surface area contributed by atoms with Gasteiger partial charge in [0.05, 0.1) is 31.9 Å². The van der Waals surface area contributed by atoms with Gasteiger partial charge < -0.3 is 25.1 Å². The summed E-state index contributed by atoms with van der Waals surface area (Å²) in [6.45, 7) is 10.2. The molecule has 0 bridgehead atoms. The van der Waals surface area contributed by atoms with Crippen LogP contribution in [0.15, 0.2) is 54.6 Å². The van der Waals surface area contributed by atoms with E-state index in [1.165, 1.54) is 17.8 Å². The van der Waals surface area contributed by atoms with Gasteiger partial charge in [-0.05, 0) is 26.0 Å². The van der Waals surface area contributed by atoms with E-state index in [4.69, 9.17) is 33.1 Å². The molecule has 0 amide bonds. The van der Waals surface area contributed by atoms with Gasteiger partial charge in [0.2, 0.25) is 0 Å². The number of fused-ring (bicyclic) bond motifs is 2. The predicted octanol–water partition coefficient (Wildman–Crippen LogP) is 8.32. The van der Waals surface area contributed by atoms with Gasteiger partial charge in [-0.1, -0.05) is 41.4 Å². The minimum atomic E-state index is -5.08. The zero-order valence-electron chi connectivity index (χ0n) is 28.3. The summed E-state index contributed by atoms with van der Waals surface area (Å²) in [6.07, 6.45) is -5.08. The van der Waals surface area contributed by atoms with Gasteiger partial charge in [-0.3, -0.25) is 0 Å². The van der Waals surface area contributed by atoms with E-state index in [0.29, 0.717) is 21.7 Å². The number of halogens is 9. The third-order valence-corrected chi connectivity index (χ3v) is 9.59. The average molecular weight is 786 g/mol. The molecule has 8 nitrogen and oxygen atoms in total. The fourth-order valence-corrected chi connectivity index (χ4v) is 6.55. The van der Waals surface area contributed by atoms with E-state index in [-0.39, 0.29) is 21.8 Å². The number of pyridine rings is 2. The number of nitrogens with one attached hydrogen (secondary N) is 1. The molecule has 2 fully saturated rings. The number of hydrogen-bond acceptors (Lipinski definition) is 7. The smallest absolute Gasteiger partial charge is 0.475 e. The predicted molar refractivity (Wildman–Crippen MR) is 192 cm³/mol. The van der Waals surface area contributed by atoms with Crippen LogP contribution in [0, 0.1) is 37.1 Å². The quantitative estimate of drug-likeness (QED) is 0.177. The third kappa shape index (κ3) is 9.14. The maximum Gasteiger partial charge on any atom is 0.490 e. The SMILES string of the molecule is Cc1c(N2CCN(c3ccccc3)CC2)nc2cc(F)cc(F)c2c1Cl.Cc1c(N2CCNCC2)nc2cc(F)cc(F)c2c1Cl.O=C(O)C(F)(F)F. The number of piperazine rings is 2. The number of para-hydroxylation sites is 1. The number of carboxylic acid groups (broad SMARTS) is 1. The number of hydrogen-bond donors (Lipinski definition) is 2. The molecule has 17 heteroatoms. The first kappa shape index (κ1) is 39.6. The summed E-state index contributed by atoms with van der Waals surface area (Å²) in [5.74, 6) is -4.01. The number of aliphatic carboxylic acids is 1. The second-order valence-corrected chi connectivity index (χ2v) is 12.9. The first-order valence-electron chi connectivity index (χ1n) is 16.3. The Morgan fingerprint density at radius 2 is 1.09 bits per heavy atom. The molecule has 2 aliphatic heterocycles. The number of rotatable bonds is 3. The summed E-state index contributed by atoms with van der Waals surface area (Å²) < 4.78 is 86.7. The van der Waals surface area contributed by atoms with Gasteiger partial charge in [-0.25, -0.2) is 32.3 Å². The van der Waals surface area contributed by atoms with Crippen LogP contribution in [0.3, 0.4) is 0 Å². The van der Waals surface area contributed by atoms with Gasteiger partial charge >= 0.3 is 12.1 Å². The van der Waals surface area contributed by atoms with Crippen molar-refractivity contribution in [1.29, 1.82) is 0 Å². The molecule has 2 saturated heterocycles. The number of benzene rings is 3. The highest BCUT2D eigenvalue weighted by Gasteiger charge is 2.38. The molecule has 0 atom stereocenters. The lowest BCUT2D eigenvalue weighted by atomic mass is 10.1. The van der Waals surface area contributed by atoms with Gasteiger partial charge in [0, 0.05) is 93.4 Å². The van der Waals surface area contributed by atoms with Crippen LogP contribution in [0.4, 0.5) is 48.1 Å². The van der Waals surface area contributed by atoms with Gasteiger partial charge in [0.1, 0.15) is 34.9 Å². The van der Waals surface area contributed by atoms with E-state index >= 15 is 0 Å². The van der Waals surface area contributed by atoms with Crippen LogP contribution in [-0.2, 0) is 4.79 Å². The van der Waals surface area contributed by atoms with E-state index in [1.54, 1.807) is 0 Å². The Morgan fingerprint density at radius 1 is 0.698 bits per heavy atom. The summed E-state index contributed by atoms with van der Waals surface area (Å²) >= 11 is 12.7. The van der Waals surface area contributed by atoms with Crippen molar-refractivity contribution in [2.24, 2.45) is 0 Å². The molecule has 2 aliphatic rings. The van der Waals surface area contributed by atoms with E-state index in [9.17, 15) is 30.7 Å². The third-order valence-electron chi connectivity index (χ3n) is 8.65. The van der Waals surface area contributed by atoms with Gasteiger partial charge in [-0.15, -0.1) is 0 Å². The molecule has 5 aromatic rings. The lowest BCUT2D eigenvalue weighted by molar-refractivity contribution is -0.192. The van der Waals surface area contributed by atoms with E-state index in [0.717, 1.165) is 75.6 Å². The largest absolute Gasteiger partial charge is 0.490 e. The maximum atomic E-state index is 14.1. The average Bonchev–Trinajstić information content (AvgIpc) is 3.11. The Kier molecular flexibility index (Phi) is 12.4. The van der Waals surface area contributed by atoms with Crippen LogP contribution in [0.25, 0.3) is 21.8 Å². The Balaban J connectivity index is 0.000000178. The van der Waals surface area contributed by atoms with Crippen molar-refractivity contribution >= 4 is 68.3 Å². The molecule has 4 heterocycles. The maximum absolute atomic E-state index is 14.1. The van der Waals surface area contributed by atoms with E-state index < -0.39 is 35.4 Å². The van der Waals surface area contributed by atoms with Crippen LogP contribution in [-0.4, -0.2) is 79.6 Å². The standard InChI is InChI=1S/C20H18ClF2N3.C14H14ClF2N3.C2HF3O2/c1-13-19(21)18-16(23)11-14(22)12-17(18)24-20(13)26-9-7-25(8-10-26)15-5-3-2-4-6-15;1-8-13(15)12-10(17)6-9(16)7-11(12)19-14(8)20-4-2-18-3-5-20;3-2(4,5)1(6)7/h2-6,11-12H,7-10H2,1H3;6-7,18H,2-5H2,1H3;(H,6,7). The van der Waals surface area contributed by atoms with Crippen molar-refractivity contribution < 1.29 is 40.6 Å². The zero-order valence-corrected chi connectivity index (χ0v) is 29.9. The summed E-state index contributed by atoms with van der Waals surface area (Å²) in [5, 5.41) is 11.3. The first-order chi connectivity index (χ1) is 25.1. The second kappa shape index (κ2) is 16.6.